The highest BCUT2D eigenvalue weighted by Gasteiger charge is 2.43. The summed E-state index contributed by atoms with van der Waals surface area (Å²) in [4.78, 5) is 17.9. The van der Waals surface area contributed by atoms with E-state index in [1.54, 1.807) is 27.7 Å². The van der Waals surface area contributed by atoms with Crippen LogP contribution in [-0.2, 0) is 6.18 Å². The second-order valence-corrected chi connectivity index (χ2v) is 7.41. The lowest BCUT2D eigenvalue weighted by molar-refractivity contribution is -0.142. The van der Waals surface area contributed by atoms with Gasteiger partial charge in [-0.1, -0.05) is 29.3 Å². The van der Waals surface area contributed by atoms with Gasteiger partial charge in [-0.2, -0.15) is 13.2 Å². The average molecular weight is 408 g/mol. The third-order valence-corrected chi connectivity index (χ3v) is 4.40. The molecule has 2 rings (SSSR count). The molecule has 0 N–H and O–H groups in total. The van der Waals surface area contributed by atoms with Crippen LogP contribution >= 0.6 is 23.2 Å². The molecule has 0 atom stereocenters. The maximum atomic E-state index is 13.8. The smallest absolute Gasteiger partial charge is 0.333 e. The molecule has 0 aliphatic carbocycles. The number of aromatic nitrogens is 2. The van der Waals surface area contributed by atoms with Crippen LogP contribution in [0.15, 0.2) is 24.5 Å². The highest BCUT2D eigenvalue weighted by molar-refractivity contribution is 6.37. The number of nitrogens with zero attached hydrogens (tertiary/aromatic N) is 3. The molecule has 142 valence electrons. The van der Waals surface area contributed by atoms with E-state index in [0.29, 0.717) is 4.57 Å². The van der Waals surface area contributed by atoms with Gasteiger partial charge in [-0.3, -0.25) is 9.36 Å². The first kappa shape index (κ1) is 20.6. The maximum absolute atomic E-state index is 13.8. The summed E-state index contributed by atoms with van der Waals surface area (Å²) in [6, 6.07) is 4.35. The molecule has 26 heavy (non-hydrogen) atoms. The van der Waals surface area contributed by atoms with Crippen molar-refractivity contribution in [2.45, 2.75) is 39.4 Å². The molecular formula is C17H18Cl2F3N3O. The van der Waals surface area contributed by atoms with Crippen LogP contribution in [0.2, 0.25) is 10.0 Å². The summed E-state index contributed by atoms with van der Waals surface area (Å²) in [5.41, 5.74) is -2.64. The van der Waals surface area contributed by atoms with E-state index in [1.165, 1.54) is 23.1 Å². The Balaban J connectivity index is 2.72. The monoisotopic (exact) mass is 407 g/mol. The maximum Gasteiger partial charge on any atom is 0.434 e. The van der Waals surface area contributed by atoms with Crippen LogP contribution in [0.4, 0.5) is 13.2 Å². The zero-order valence-electron chi connectivity index (χ0n) is 14.7. The fraction of sp³-hybridized carbons (Fsp3) is 0.412. The highest BCUT2D eigenvalue weighted by Crippen LogP contribution is 2.38. The van der Waals surface area contributed by atoms with Crippen molar-refractivity contribution in [3.63, 3.8) is 0 Å². The first-order chi connectivity index (χ1) is 11.9. The lowest BCUT2D eigenvalue weighted by Crippen LogP contribution is -2.46. The minimum atomic E-state index is -4.83. The van der Waals surface area contributed by atoms with Gasteiger partial charge in [0.05, 0.1) is 15.7 Å². The van der Waals surface area contributed by atoms with Crippen LogP contribution in [-0.4, -0.2) is 32.4 Å². The second kappa shape index (κ2) is 7.12. The third-order valence-electron chi connectivity index (χ3n) is 3.79. The van der Waals surface area contributed by atoms with Crippen molar-refractivity contribution in [3.05, 3.63) is 46.0 Å². The van der Waals surface area contributed by atoms with E-state index in [1.807, 2.05) is 0 Å². The predicted octanol–water partition coefficient (Wildman–Crippen LogP) is 5.46. The molecule has 2 aromatic rings. The molecule has 4 nitrogen and oxygen atoms in total. The SMILES string of the molecule is CCN(C(=O)c1ncn(-c2c(Cl)cccc2Cl)c1C(F)(F)F)C(C)(C)C. The van der Waals surface area contributed by atoms with E-state index in [2.05, 4.69) is 4.98 Å². The summed E-state index contributed by atoms with van der Waals surface area (Å²) in [5, 5.41) is 0.0325. The van der Waals surface area contributed by atoms with E-state index < -0.39 is 29.0 Å². The number of para-hydroxylation sites is 1. The van der Waals surface area contributed by atoms with Gasteiger partial charge in [0.2, 0.25) is 0 Å². The van der Waals surface area contributed by atoms with Gasteiger partial charge < -0.3 is 4.90 Å². The molecular weight excluding hydrogens is 390 g/mol. The molecule has 0 radical (unpaired) electrons. The summed E-state index contributed by atoms with van der Waals surface area (Å²) in [7, 11) is 0. The Hall–Kier alpha value is -1.73. The van der Waals surface area contributed by atoms with Gasteiger partial charge in [-0.05, 0) is 39.8 Å². The topological polar surface area (TPSA) is 38.1 Å². The predicted molar refractivity (Wildman–Crippen MR) is 95.0 cm³/mol. The first-order valence-corrected chi connectivity index (χ1v) is 8.56. The van der Waals surface area contributed by atoms with E-state index in [9.17, 15) is 18.0 Å². The Labute approximate surface area is 159 Å². The van der Waals surface area contributed by atoms with E-state index in [4.69, 9.17) is 23.2 Å². The lowest BCUT2D eigenvalue weighted by Gasteiger charge is -2.34. The van der Waals surface area contributed by atoms with E-state index >= 15 is 0 Å². The van der Waals surface area contributed by atoms with Gasteiger partial charge in [0.1, 0.15) is 6.33 Å². The zero-order valence-corrected chi connectivity index (χ0v) is 16.2. The number of alkyl halides is 3. The van der Waals surface area contributed by atoms with Gasteiger partial charge in [-0.25, -0.2) is 4.98 Å². The number of amides is 1. The van der Waals surface area contributed by atoms with E-state index in [0.717, 1.165) is 6.33 Å². The molecule has 0 aliphatic rings. The van der Waals surface area contributed by atoms with Crippen LogP contribution in [0.1, 0.15) is 43.9 Å². The molecule has 1 amide bonds. The van der Waals surface area contributed by atoms with Crippen molar-refractivity contribution >= 4 is 29.1 Å². The number of carbonyl (C=O) groups is 1. The fourth-order valence-electron chi connectivity index (χ4n) is 2.71. The number of carbonyl (C=O) groups excluding carboxylic acids is 1. The van der Waals surface area contributed by atoms with Crippen LogP contribution in [0.5, 0.6) is 0 Å². The van der Waals surface area contributed by atoms with Crippen molar-refractivity contribution in [2.24, 2.45) is 0 Å². The largest absolute Gasteiger partial charge is 0.434 e. The Morgan fingerprint density at radius 1 is 1.19 bits per heavy atom. The third kappa shape index (κ3) is 3.83. The van der Waals surface area contributed by atoms with Gasteiger partial charge in [0.15, 0.2) is 11.4 Å². The summed E-state index contributed by atoms with van der Waals surface area (Å²) in [6.45, 7) is 7.15. The van der Waals surface area contributed by atoms with Crippen LogP contribution in [0, 0.1) is 0 Å². The fourth-order valence-corrected chi connectivity index (χ4v) is 3.29. The van der Waals surface area contributed by atoms with Gasteiger partial charge >= 0.3 is 6.18 Å². The molecule has 1 aromatic carbocycles. The Morgan fingerprint density at radius 2 is 1.73 bits per heavy atom. The molecule has 0 fully saturated rings. The molecule has 1 heterocycles. The zero-order chi connectivity index (χ0) is 19.9. The summed E-state index contributed by atoms with van der Waals surface area (Å²) < 4.78 is 42.1. The Bertz CT molecular complexity index is 805. The normalized spacial score (nSPS) is 12.3. The standard InChI is InChI=1S/C17H18Cl2F3N3O/c1-5-25(16(2,3)4)15(26)12-14(17(20,21)22)24(9-23-12)13-10(18)7-6-8-11(13)19/h6-9H,5H2,1-4H3. The molecule has 0 saturated carbocycles. The van der Waals surface area contributed by atoms with Crippen molar-refractivity contribution < 1.29 is 18.0 Å². The van der Waals surface area contributed by atoms with Crippen LogP contribution < -0.4 is 0 Å². The van der Waals surface area contributed by atoms with Crippen LogP contribution in [0.25, 0.3) is 5.69 Å². The number of rotatable bonds is 3. The molecule has 0 bridgehead atoms. The summed E-state index contributed by atoms with van der Waals surface area (Å²) in [5.74, 6) is -0.811. The molecule has 0 saturated heterocycles. The minimum Gasteiger partial charge on any atom is -0.333 e. The number of benzene rings is 1. The highest BCUT2D eigenvalue weighted by atomic mass is 35.5. The summed E-state index contributed by atoms with van der Waals surface area (Å²) in [6.07, 6.45) is -3.92. The van der Waals surface area contributed by atoms with Crippen molar-refractivity contribution in [3.8, 4) is 5.69 Å². The van der Waals surface area contributed by atoms with Gasteiger partial charge in [0, 0.05) is 12.1 Å². The minimum absolute atomic E-state index is 0.0163. The Morgan fingerprint density at radius 3 is 2.15 bits per heavy atom. The van der Waals surface area contributed by atoms with Gasteiger partial charge in [0.25, 0.3) is 5.91 Å². The number of halogens is 5. The molecule has 0 aliphatic heterocycles. The van der Waals surface area contributed by atoms with Crippen molar-refractivity contribution in [1.29, 1.82) is 0 Å². The van der Waals surface area contributed by atoms with Crippen molar-refractivity contribution in [2.75, 3.05) is 6.54 Å². The summed E-state index contributed by atoms with van der Waals surface area (Å²) >= 11 is 12.1. The lowest BCUT2D eigenvalue weighted by atomic mass is 10.1. The molecule has 9 heteroatoms. The molecule has 0 unspecified atom stereocenters. The van der Waals surface area contributed by atoms with Crippen LogP contribution in [0.3, 0.4) is 0 Å². The molecule has 0 spiro atoms. The number of imidazole rings is 1. The average Bonchev–Trinajstić information content (AvgIpc) is 2.91. The first-order valence-electron chi connectivity index (χ1n) is 7.80. The van der Waals surface area contributed by atoms with E-state index in [-0.39, 0.29) is 22.3 Å². The molecule has 1 aromatic heterocycles. The number of hydrogen-bond donors (Lipinski definition) is 0. The quantitative estimate of drug-likeness (QED) is 0.677. The Kier molecular flexibility index (Phi) is 5.63. The second-order valence-electron chi connectivity index (χ2n) is 6.60. The number of hydrogen-bond acceptors (Lipinski definition) is 2. The van der Waals surface area contributed by atoms with Crippen molar-refractivity contribution in [1.82, 2.24) is 14.5 Å². The van der Waals surface area contributed by atoms with Gasteiger partial charge in [-0.15, -0.1) is 0 Å².